The van der Waals surface area contributed by atoms with Gasteiger partial charge in [0, 0.05) is 48.6 Å². The number of aromatic hydroxyl groups is 1. The molecule has 0 radical (unpaired) electrons. The van der Waals surface area contributed by atoms with Crippen molar-refractivity contribution in [1.82, 2.24) is 15.0 Å². The van der Waals surface area contributed by atoms with Crippen LogP contribution in [-0.4, -0.2) is 49.2 Å². The fourth-order valence-electron chi connectivity index (χ4n) is 3.39. The maximum absolute atomic E-state index is 11.2. The number of nitro groups is 2. The number of non-ortho nitro benzene ring substituents is 2. The molecule has 3 aromatic rings. The van der Waals surface area contributed by atoms with E-state index in [-0.39, 0.29) is 39.1 Å². The number of hydrazone groups is 1. The molecule has 3 rings (SSSR count). The number of phenolic OH excluding ortho intramolecular Hbond substituents is 1. The normalized spacial score (nSPS) is 10.9. The maximum Gasteiger partial charge on any atom is 0.271 e. The Balaban J connectivity index is 1.93. The lowest BCUT2D eigenvalue weighted by Crippen LogP contribution is -2.28. The van der Waals surface area contributed by atoms with Crippen LogP contribution in [0.15, 0.2) is 46.0 Å². The average Bonchev–Trinajstić information content (AvgIpc) is 2.91. The van der Waals surface area contributed by atoms with E-state index >= 15 is 0 Å². The molecule has 0 unspecified atom stereocenters. The third-order valence-electron chi connectivity index (χ3n) is 5.46. The topological polar surface area (TPSA) is 185 Å². The molecule has 3 N–H and O–H groups in total. The third-order valence-corrected chi connectivity index (χ3v) is 6.07. The van der Waals surface area contributed by atoms with Crippen LogP contribution in [0.4, 0.5) is 34.9 Å². The number of benzene rings is 2. The van der Waals surface area contributed by atoms with Crippen LogP contribution < -0.4 is 15.6 Å². The molecule has 0 bridgehead atoms. The van der Waals surface area contributed by atoms with Crippen molar-refractivity contribution >= 4 is 57.1 Å². The second-order valence-electron chi connectivity index (χ2n) is 8.40. The highest BCUT2D eigenvalue weighted by atomic mass is 79.9. The summed E-state index contributed by atoms with van der Waals surface area (Å²) in [5.74, 6) is 0.469. The Bertz CT molecular complexity index is 1330. The van der Waals surface area contributed by atoms with E-state index in [1.165, 1.54) is 30.5 Å². The fraction of sp³-hybridized carbons (Fsp3) is 0.333. The number of hydrogen-bond acceptors (Lipinski definition) is 12. The van der Waals surface area contributed by atoms with Crippen LogP contribution in [-0.2, 0) is 0 Å². The first-order chi connectivity index (χ1) is 18.7. The zero-order valence-corrected chi connectivity index (χ0v) is 23.0. The van der Waals surface area contributed by atoms with Gasteiger partial charge in [0.15, 0.2) is 0 Å². The molecule has 0 aliphatic heterocycles. The minimum absolute atomic E-state index is 0.0464. The predicted octanol–water partition coefficient (Wildman–Crippen LogP) is 5.75. The van der Waals surface area contributed by atoms with Crippen LogP contribution in [0, 0.1) is 20.2 Å². The average molecular weight is 602 g/mol. The molecular formula is C24H28BrN9O5. The van der Waals surface area contributed by atoms with E-state index in [4.69, 9.17) is 0 Å². The SMILES string of the molecule is CCCCN(CCCC)c1nc(NN=Cc2cc([N+](=O)[O-])cc(Br)c2O)nc(Nc2ccc([N+](=O)[O-])cc2)n1. The lowest BCUT2D eigenvalue weighted by molar-refractivity contribution is -0.385. The number of unbranched alkanes of at least 4 members (excludes halogenated alkanes) is 2. The third kappa shape index (κ3) is 8.29. The molecule has 206 valence electrons. The minimum atomic E-state index is -0.579. The second kappa shape index (κ2) is 13.9. The zero-order chi connectivity index (χ0) is 28.4. The maximum atomic E-state index is 11.2. The molecule has 14 nitrogen and oxygen atoms in total. The number of phenols is 1. The van der Waals surface area contributed by atoms with E-state index in [2.05, 4.69) is 60.6 Å². The van der Waals surface area contributed by atoms with E-state index in [1.807, 2.05) is 4.90 Å². The molecule has 0 aliphatic rings. The highest BCUT2D eigenvalue weighted by Crippen LogP contribution is 2.31. The van der Waals surface area contributed by atoms with Gasteiger partial charge in [-0.1, -0.05) is 26.7 Å². The van der Waals surface area contributed by atoms with Gasteiger partial charge in [0.2, 0.25) is 17.8 Å². The first kappa shape index (κ1) is 29.2. The van der Waals surface area contributed by atoms with Gasteiger partial charge >= 0.3 is 0 Å². The van der Waals surface area contributed by atoms with E-state index < -0.39 is 9.85 Å². The highest BCUT2D eigenvalue weighted by molar-refractivity contribution is 9.10. The van der Waals surface area contributed by atoms with Crippen LogP contribution in [0.1, 0.15) is 45.1 Å². The number of nitro benzene ring substituents is 2. The summed E-state index contributed by atoms with van der Waals surface area (Å²) in [4.78, 5) is 36.5. The Hall–Kier alpha value is -4.40. The van der Waals surface area contributed by atoms with Crippen molar-refractivity contribution in [2.75, 3.05) is 28.7 Å². The van der Waals surface area contributed by atoms with E-state index in [0.29, 0.717) is 11.6 Å². The zero-order valence-electron chi connectivity index (χ0n) is 21.4. The number of hydrogen-bond donors (Lipinski definition) is 3. The standard InChI is InChI=1S/C24H28BrN9O5/c1-3-5-11-32(12-6-4-2)24-29-22(27-17-7-9-18(10-8-17)33(36)37)28-23(30-24)31-26-15-16-13-19(34(38)39)14-20(25)21(16)35/h7-10,13-15,35H,3-6,11-12H2,1-2H3,(H2,27,28,29,30,31). The first-order valence-corrected chi connectivity index (χ1v) is 13.0. The van der Waals surface area contributed by atoms with Crippen molar-refractivity contribution in [3.8, 4) is 5.75 Å². The second-order valence-corrected chi connectivity index (χ2v) is 9.25. The van der Waals surface area contributed by atoms with Gasteiger partial charge in [-0.3, -0.25) is 20.2 Å². The Kier molecular flexibility index (Phi) is 10.4. The molecule has 0 saturated heterocycles. The van der Waals surface area contributed by atoms with E-state index in [1.54, 1.807) is 12.1 Å². The molecule has 0 fully saturated rings. The summed E-state index contributed by atoms with van der Waals surface area (Å²) in [6.07, 6.45) is 5.05. The lowest BCUT2D eigenvalue weighted by atomic mass is 10.2. The number of rotatable bonds is 14. The fourth-order valence-corrected chi connectivity index (χ4v) is 3.85. The van der Waals surface area contributed by atoms with Crippen LogP contribution in [0.25, 0.3) is 0 Å². The smallest absolute Gasteiger partial charge is 0.271 e. The summed E-state index contributed by atoms with van der Waals surface area (Å²) < 4.78 is 0.151. The van der Waals surface area contributed by atoms with Gasteiger partial charge in [-0.15, -0.1) is 0 Å². The van der Waals surface area contributed by atoms with Crippen LogP contribution >= 0.6 is 15.9 Å². The van der Waals surface area contributed by atoms with Crippen molar-refractivity contribution in [1.29, 1.82) is 0 Å². The summed E-state index contributed by atoms with van der Waals surface area (Å²) in [6, 6.07) is 8.20. The molecule has 15 heteroatoms. The summed E-state index contributed by atoms with van der Waals surface area (Å²) in [5.41, 5.74) is 3.07. The molecule has 1 heterocycles. The minimum Gasteiger partial charge on any atom is -0.506 e. The Morgan fingerprint density at radius 1 is 0.974 bits per heavy atom. The van der Waals surface area contributed by atoms with Crippen molar-refractivity contribution in [3.63, 3.8) is 0 Å². The predicted molar refractivity (Wildman–Crippen MR) is 152 cm³/mol. The van der Waals surface area contributed by atoms with Crippen molar-refractivity contribution in [2.45, 2.75) is 39.5 Å². The summed E-state index contributed by atoms with van der Waals surface area (Å²) in [7, 11) is 0. The van der Waals surface area contributed by atoms with Crippen LogP contribution in [0.2, 0.25) is 0 Å². The Morgan fingerprint density at radius 3 is 2.18 bits per heavy atom. The molecule has 1 aromatic heterocycles. The largest absolute Gasteiger partial charge is 0.506 e. The van der Waals surface area contributed by atoms with Crippen molar-refractivity contribution in [2.24, 2.45) is 5.10 Å². The summed E-state index contributed by atoms with van der Waals surface area (Å²) in [5, 5.41) is 39.5. The van der Waals surface area contributed by atoms with Gasteiger partial charge in [-0.2, -0.15) is 20.1 Å². The molecular weight excluding hydrogens is 574 g/mol. The van der Waals surface area contributed by atoms with Gasteiger partial charge in [0.1, 0.15) is 5.75 Å². The number of anilines is 4. The number of halogens is 1. The highest BCUT2D eigenvalue weighted by Gasteiger charge is 2.16. The van der Waals surface area contributed by atoms with Gasteiger partial charge in [-0.05, 0) is 40.9 Å². The van der Waals surface area contributed by atoms with Gasteiger partial charge < -0.3 is 15.3 Å². The molecule has 0 saturated carbocycles. The number of nitrogens with one attached hydrogen (secondary N) is 2. The molecule has 2 aromatic carbocycles. The van der Waals surface area contributed by atoms with Gasteiger partial charge in [0.05, 0.1) is 20.5 Å². The summed E-state index contributed by atoms with van der Waals surface area (Å²) >= 11 is 3.10. The number of aromatic nitrogens is 3. The first-order valence-electron chi connectivity index (χ1n) is 12.2. The monoisotopic (exact) mass is 601 g/mol. The van der Waals surface area contributed by atoms with Crippen LogP contribution in [0.5, 0.6) is 5.75 Å². The van der Waals surface area contributed by atoms with E-state index in [0.717, 1.165) is 38.8 Å². The molecule has 0 spiro atoms. The molecule has 0 amide bonds. The molecule has 0 aliphatic carbocycles. The van der Waals surface area contributed by atoms with Crippen molar-refractivity contribution < 1.29 is 15.0 Å². The van der Waals surface area contributed by atoms with Gasteiger partial charge in [-0.25, -0.2) is 5.43 Å². The lowest BCUT2D eigenvalue weighted by Gasteiger charge is -2.23. The quantitative estimate of drug-likeness (QED) is 0.116. The Labute approximate surface area is 232 Å². The Morgan fingerprint density at radius 2 is 1.59 bits per heavy atom. The molecule has 0 atom stereocenters. The summed E-state index contributed by atoms with van der Waals surface area (Å²) in [6.45, 7) is 5.65. The van der Waals surface area contributed by atoms with E-state index in [9.17, 15) is 25.3 Å². The van der Waals surface area contributed by atoms with Gasteiger partial charge in [0.25, 0.3) is 11.4 Å². The van der Waals surface area contributed by atoms with Crippen molar-refractivity contribution in [3.05, 3.63) is 66.7 Å². The molecule has 39 heavy (non-hydrogen) atoms. The number of nitrogens with zero attached hydrogens (tertiary/aromatic N) is 7. The van der Waals surface area contributed by atoms with Crippen LogP contribution in [0.3, 0.4) is 0 Å².